The van der Waals surface area contributed by atoms with Gasteiger partial charge in [-0.15, -0.1) is 0 Å². The molecule has 2 rings (SSSR count). The second-order valence-electron chi connectivity index (χ2n) is 5.39. The molecule has 1 aliphatic rings. The monoisotopic (exact) mass is 276 g/mol. The summed E-state index contributed by atoms with van der Waals surface area (Å²) in [7, 11) is 3.94. The van der Waals surface area contributed by atoms with E-state index in [1.807, 2.05) is 26.1 Å². The van der Waals surface area contributed by atoms with E-state index in [0.717, 1.165) is 43.9 Å². The van der Waals surface area contributed by atoms with Gasteiger partial charge in [0.15, 0.2) is 0 Å². The summed E-state index contributed by atoms with van der Waals surface area (Å²) in [5, 5.41) is 6.15. The lowest BCUT2D eigenvalue weighted by molar-refractivity contribution is 0.0916. The van der Waals surface area contributed by atoms with Crippen molar-refractivity contribution in [2.45, 2.75) is 32.2 Å². The summed E-state index contributed by atoms with van der Waals surface area (Å²) in [6, 6.07) is 3.98. The highest BCUT2D eigenvalue weighted by Crippen LogP contribution is 2.13. The summed E-state index contributed by atoms with van der Waals surface area (Å²) in [4.78, 5) is 19.1. The molecule has 1 amide bonds. The molecule has 2 heterocycles. The Labute approximate surface area is 120 Å². The van der Waals surface area contributed by atoms with Crippen LogP contribution in [0.2, 0.25) is 0 Å². The maximum absolute atomic E-state index is 12.4. The van der Waals surface area contributed by atoms with E-state index >= 15 is 0 Å². The van der Waals surface area contributed by atoms with Gasteiger partial charge in [-0.3, -0.25) is 4.79 Å². The number of aromatic nitrogens is 1. The van der Waals surface area contributed by atoms with Crippen molar-refractivity contribution in [2.24, 2.45) is 0 Å². The zero-order chi connectivity index (χ0) is 14.5. The van der Waals surface area contributed by atoms with E-state index in [9.17, 15) is 4.79 Å². The van der Waals surface area contributed by atoms with Crippen LogP contribution in [0.3, 0.4) is 0 Å². The van der Waals surface area contributed by atoms with Crippen LogP contribution in [-0.4, -0.2) is 49.0 Å². The minimum atomic E-state index is 0.00755. The van der Waals surface area contributed by atoms with Crippen molar-refractivity contribution in [1.29, 1.82) is 0 Å². The van der Waals surface area contributed by atoms with E-state index in [1.54, 1.807) is 0 Å². The highest BCUT2D eigenvalue weighted by molar-refractivity contribution is 5.95. The number of carbonyl (C=O) groups is 1. The number of hydrogen-bond acceptors (Lipinski definition) is 4. The molecule has 5 nitrogen and oxygen atoms in total. The summed E-state index contributed by atoms with van der Waals surface area (Å²) in [5.41, 5.74) is 1.63. The highest BCUT2D eigenvalue weighted by atomic mass is 16.1. The van der Waals surface area contributed by atoms with E-state index in [2.05, 4.69) is 27.6 Å². The van der Waals surface area contributed by atoms with Gasteiger partial charge in [-0.25, -0.2) is 4.98 Å². The standard InChI is InChI=1S/C15H24N4O/c1-4-12-9-11(10-14(16-2)17-12)15(20)18-13-5-7-19(3)8-6-13/h9-10,13H,4-8H2,1-3H3,(H,16,17)(H,18,20). The molecule has 1 aliphatic heterocycles. The number of likely N-dealkylation sites (tertiary alicyclic amines) is 1. The molecule has 1 aromatic heterocycles. The second-order valence-corrected chi connectivity index (χ2v) is 5.39. The average Bonchev–Trinajstić information content (AvgIpc) is 2.48. The maximum atomic E-state index is 12.4. The van der Waals surface area contributed by atoms with Gasteiger partial charge in [-0.1, -0.05) is 6.92 Å². The Morgan fingerprint density at radius 3 is 2.70 bits per heavy atom. The Kier molecular flexibility index (Phi) is 4.95. The quantitative estimate of drug-likeness (QED) is 0.875. The third kappa shape index (κ3) is 3.70. The van der Waals surface area contributed by atoms with E-state index in [4.69, 9.17) is 0 Å². The van der Waals surface area contributed by atoms with Crippen LogP contribution in [0.15, 0.2) is 12.1 Å². The SMILES string of the molecule is CCc1cc(C(=O)NC2CCN(C)CC2)cc(NC)n1. The molecule has 1 aromatic rings. The normalized spacial score (nSPS) is 16.9. The molecular weight excluding hydrogens is 252 g/mol. The molecule has 5 heteroatoms. The van der Waals surface area contributed by atoms with E-state index < -0.39 is 0 Å². The van der Waals surface area contributed by atoms with Crippen molar-refractivity contribution in [2.75, 3.05) is 32.5 Å². The Hall–Kier alpha value is -1.62. The lowest BCUT2D eigenvalue weighted by Crippen LogP contribution is -2.43. The summed E-state index contributed by atoms with van der Waals surface area (Å²) >= 11 is 0. The first-order valence-corrected chi connectivity index (χ1v) is 7.30. The first kappa shape index (κ1) is 14.8. The molecule has 0 aromatic carbocycles. The molecular formula is C15H24N4O. The van der Waals surface area contributed by atoms with Gasteiger partial charge in [-0.2, -0.15) is 0 Å². The van der Waals surface area contributed by atoms with Crippen molar-refractivity contribution < 1.29 is 4.79 Å². The highest BCUT2D eigenvalue weighted by Gasteiger charge is 2.19. The molecule has 0 radical (unpaired) electrons. The largest absolute Gasteiger partial charge is 0.373 e. The van der Waals surface area contributed by atoms with Gasteiger partial charge in [-0.05, 0) is 51.5 Å². The van der Waals surface area contributed by atoms with Crippen molar-refractivity contribution in [3.8, 4) is 0 Å². The fraction of sp³-hybridized carbons (Fsp3) is 0.600. The fourth-order valence-corrected chi connectivity index (χ4v) is 2.45. The minimum absolute atomic E-state index is 0.00755. The first-order chi connectivity index (χ1) is 9.62. The molecule has 0 aliphatic carbocycles. The number of hydrogen-bond donors (Lipinski definition) is 2. The number of pyridine rings is 1. The smallest absolute Gasteiger partial charge is 0.251 e. The Bertz CT molecular complexity index is 445. The second kappa shape index (κ2) is 6.70. The molecule has 0 atom stereocenters. The van der Waals surface area contributed by atoms with Gasteiger partial charge in [0.2, 0.25) is 0 Å². The molecule has 110 valence electrons. The molecule has 2 N–H and O–H groups in total. The van der Waals surface area contributed by atoms with Gasteiger partial charge in [0.25, 0.3) is 5.91 Å². The number of aryl methyl sites for hydroxylation is 1. The van der Waals surface area contributed by atoms with E-state index in [-0.39, 0.29) is 11.9 Å². The molecule has 0 unspecified atom stereocenters. The van der Waals surface area contributed by atoms with Crippen LogP contribution < -0.4 is 10.6 Å². The summed E-state index contributed by atoms with van der Waals surface area (Å²) in [6.07, 6.45) is 2.86. The number of nitrogens with zero attached hydrogens (tertiary/aromatic N) is 2. The zero-order valence-corrected chi connectivity index (χ0v) is 12.6. The van der Waals surface area contributed by atoms with E-state index in [0.29, 0.717) is 5.56 Å². The number of rotatable bonds is 4. The lowest BCUT2D eigenvalue weighted by Gasteiger charge is -2.29. The fourth-order valence-electron chi connectivity index (χ4n) is 2.45. The van der Waals surface area contributed by atoms with Gasteiger partial charge in [0.1, 0.15) is 5.82 Å². The number of carbonyl (C=O) groups excluding carboxylic acids is 1. The van der Waals surface area contributed by atoms with Crippen LogP contribution in [0.1, 0.15) is 35.8 Å². The van der Waals surface area contributed by atoms with Crippen molar-refractivity contribution >= 4 is 11.7 Å². The van der Waals surface area contributed by atoms with Crippen LogP contribution in [-0.2, 0) is 6.42 Å². The van der Waals surface area contributed by atoms with Crippen molar-refractivity contribution in [3.63, 3.8) is 0 Å². The van der Waals surface area contributed by atoms with Crippen LogP contribution in [0.4, 0.5) is 5.82 Å². The molecule has 0 spiro atoms. The summed E-state index contributed by atoms with van der Waals surface area (Å²) in [6.45, 7) is 4.13. The minimum Gasteiger partial charge on any atom is -0.373 e. The maximum Gasteiger partial charge on any atom is 0.251 e. The van der Waals surface area contributed by atoms with Crippen LogP contribution >= 0.6 is 0 Å². The van der Waals surface area contributed by atoms with Gasteiger partial charge in [0, 0.05) is 24.3 Å². The van der Waals surface area contributed by atoms with Gasteiger partial charge < -0.3 is 15.5 Å². The third-order valence-corrected chi connectivity index (χ3v) is 3.81. The van der Waals surface area contributed by atoms with E-state index in [1.165, 1.54) is 0 Å². The Morgan fingerprint density at radius 1 is 1.40 bits per heavy atom. The van der Waals surface area contributed by atoms with Crippen LogP contribution in [0, 0.1) is 0 Å². The first-order valence-electron chi connectivity index (χ1n) is 7.30. The number of amides is 1. The van der Waals surface area contributed by atoms with Crippen LogP contribution in [0.5, 0.6) is 0 Å². The Morgan fingerprint density at radius 2 is 2.10 bits per heavy atom. The number of anilines is 1. The molecule has 1 saturated heterocycles. The lowest BCUT2D eigenvalue weighted by atomic mass is 10.0. The van der Waals surface area contributed by atoms with Gasteiger partial charge in [0.05, 0.1) is 0 Å². The molecule has 0 bridgehead atoms. The summed E-state index contributed by atoms with van der Waals surface area (Å²) in [5.74, 6) is 0.756. The third-order valence-electron chi connectivity index (χ3n) is 3.81. The number of piperidine rings is 1. The Balaban J connectivity index is 2.04. The van der Waals surface area contributed by atoms with Gasteiger partial charge >= 0.3 is 0 Å². The van der Waals surface area contributed by atoms with Crippen molar-refractivity contribution in [1.82, 2.24) is 15.2 Å². The predicted molar refractivity (Wildman–Crippen MR) is 81.1 cm³/mol. The predicted octanol–water partition coefficient (Wildman–Crippen LogP) is 1.51. The zero-order valence-electron chi connectivity index (χ0n) is 12.6. The number of nitrogens with one attached hydrogen (secondary N) is 2. The molecule has 0 saturated carbocycles. The molecule has 20 heavy (non-hydrogen) atoms. The average molecular weight is 276 g/mol. The van der Waals surface area contributed by atoms with Crippen molar-refractivity contribution in [3.05, 3.63) is 23.4 Å². The summed E-state index contributed by atoms with van der Waals surface area (Å²) < 4.78 is 0. The van der Waals surface area contributed by atoms with Crippen LogP contribution in [0.25, 0.3) is 0 Å². The topological polar surface area (TPSA) is 57.3 Å². The molecule has 1 fully saturated rings.